The second-order valence-electron chi connectivity index (χ2n) is 6.12. The maximum atomic E-state index is 12.3. The molecule has 0 bridgehead atoms. The van der Waals surface area contributed by atoms with E-state index in [9.17, 15) is 4.79 Å². The Hall–Kier alpha value is -1.37. The van der Waals surface area contributed by atoms with Crippen molar-refractivity contribution in [3.05, 3.63) is 17.5 Å². The van der Waals surface area contributed by atoms with E-state index < -0.39 is 0 Å². The van der Waals surface area contributed by atoms with Gasteiger partial charge in [0.15, 0.2) is 5.82 Å². The Morgan fingerprint density at radius 1 is 1.48 bits per heavy atom. The number of allylic oxidation sites excluding steroid dienone is 1. The minimum absolute atomic E-state index is 0.143. The van der Waals surface area contributed by atoms with Gasteiger partial charge in [0.1, 0.15) is 0 Å². The average molecular weight is 307 g/mol. The van der Waals surface area contributed by atoms with Crippen LogP contribution in [-0.4, -0.2) is 44.6 Å². The van der Waals surface area contributed by atoms with Crippen LogP contribution in [-0.2, 0) is 4.79 Å². The largest absolute Gasteiger partial charge is 0.352 e. The Morgan fingerprint density at radius 3 is 2.90 bits per heavy atom. The van der Waals surface area contributed by atoms with Crippen LogP contribution in [0.25, 0.3) is 0 Å². The van der Waals surface area contributed by atoms with Gasteiger partial charge in [0.25, 0.3) is 0 Å². The predicted molar refractivity (Wildman–Crippen MR) is 81.9 cm³/mol. The number of amides is 1. The highest BCUT2D eigenvalue weighted by atomic mass is 32.2. The number of nitrogens with zero attached hydrogens (tertiary/aromatic N) is 3. The van der Waals surface area contributed by atoms with Crippen molar-refractivity contribution < 1.29 is 4.79 Å². The number of rotatable bonds is 4. The molecule has 1 aromatic heterocycles. The zero-order chi connectivity index (χ0) is 14.7. The molecule has 2 N–H and O–H groups in total. The van der Waals surface area contributed by atoms with Crippen molar-refractivity contribution in [3.63, 3.8) is 0 Å². The van der Waals surface area contributed by atoms with Crippen LogP contribution in [0.2, 0.25) is 0 Å². The molecule has 1 saturated carbocycles. The molecule has 0 spiro atoms. The van der Waals surface area contributed by atoms with Gasteiger partial charge < -0.3 is 5.32 Å². The molecule has 2 fully saturated rings. The van der Waals surface area contributed by atoms with Crippen molar-refractivity contribution in [2.24, 2.45) is 5.41 Å². The first-order valence-electron chi connectivity index (χ1n) is 7.45. The molecular weight excluding hydrogens is 286 g/mol. The van der Waals surface area contributed by atoms with E-state index in [2.05, 4.69) is 32.0 Å². The highest BCUT2D eigenvalue weighted by Gasteiger charge is 2.48. The monoisotopic (exact) mass is 307 g/mol. The molecule has 1 aromatic rings. The van der Waals surface area contributed by atoms with Crippen LogP contribution < -0.4 is 5.32 Å². The van der Waals surface area contributed by atoms with E-state index in [0.717, 1.165) is 31.5 Å². The molecule has 114 valence electrons. The molecule has 1 amide bonds. The van der Waals surface area contributed by atoms with Crippen molar-refractivity contribution >= 4 is 17.7 Å². The third kappa shape index (κ3) is 3.28. The average Bonchev–Trinajstić information content (AvgIpc) is 2.98. The summed E-state index contributed by atoms with van der Waals surface area (Å²) in [4.78, 5) is 12.3. The predicted octanol–water partition coefficient (Wildman–Crippen LogP) is 1.65. The fourth-order valence-electron chi connectivity index (χ4n) is 3.08. The topological polar surface area (TPSA) is 83.6 Å². The van der Waals surface area contributed by atoms with Crippen LogP contribution in [0.3, 0.4) is 0 Å². The van der Waals surface area contributed by atoms with E-state index in [1.54, 1.807) is 0 Å². The van der Waals surface area contributed by atoms with Crippen LogP contribution in [0.1, 0.15) is 44.3 Å². The molecule has 2 aliphatic rings. The van der Waals surface area contributed by atoms with E-state index in [1.807, 2.05) is 18.7 Å². The molecule has 0 unspecified atom stereocenters. The van der Waals surface area contributed by atoms with Gasteiger partial charge in [-0.2, -0.15) is 17.0 Å². The summed E-state index contributed by atoms with van der Waals surface area (Å²) < 4.78 is 0. The standard InChI is InChI=1S/C14H21N5OS/c1-14(8-11(9-14)12-16-18-19-17-12)13(20)15-5-2-10-3-6-21-7-4-10/h2,11H,3-9H2,1H3,(H,15,20)(H,16,17,18,19). The molecule has 21 heavy (non-hydrogen) atoms. The summed E-state index contributed by atoms with van der Waals surface area (Å²) in [6, 6.07) is 0. The number of hydrogen-bond donors (Lipinski definition) is 2. The van der Waals surface area contributed by atoms with E-state index in [1.165, 1.54) is 17.1 Å². The lowest BCUT2D eigenvalue weighted by molar-refractivity contribution is -0.135. The Bertz CT molecular complexity index is 513. The van der Waals surface area contributed by atoms with Crippen molar-refractivity contribution in [2.45, 2.75) is 38.5 Å². The molecule has 6 nitrogen and oxygen atoms in total. The van der Waals surface area contributed by atoms with Gasteiger partial charge >= 0.3 is 0 Å². The van der Waals surface area contributed by atoms with Crippen molar-refractivity contribution in [1.82, 2.24) is 25.9 Å². The summed E-state index contributed by atoms with van der Waals surface area (Å²) in [6.45, 7) is 2.67. The Morgan fingerprint density at radius 2 is 2.24 bits per heavy atom. The van der Waals surface area contributed by atoms with Gasteiger partial charge in [0, 0.05) is 17.9 Å². The molecule has 1 aliphatic heterocycles. The number of carbonyl (C=O) groups excluding carboxylic acids is 1. The Balaban J connectivity index is 1.45. The minimum Gasteiger partial charge on any atom is -0.352 e. The lowest BCUT2D eigenvalue weighted by atomic mass is 9.62. The summed E-state index contributed by atoms with van der Waals surface area (Å²) in [7, 11) is 0. The van der Waals surface area contributed by atoms with Crippen LogP contribution in [0.15, 0.2) is 11.6 Å². The fraction of sp³-hybridized carbons (Fsp3) is 0.714. The summed E-state index contributed by atoms with van der Waals surface area (Å²) in [5.74, 6) is 3.55. The third-order valence-electron chi connectivity index (χ3n) is 4.46. The van der Waals surface area contributed by atoms with E-state index in [4.69, 9.17) is 0 Å². The zero-order valence-corrected chi connectivity index (χ0v) is 13.1. The molecule has 0 radical (unpaired) electrons. The number of H-pyrrole nitrogens is 1. The number of carbonyl (C=O) groups is 1. The molecule has 3 rings (SSSR count). The summed E-state index contributed by atoms with van der Waals surface area (Å²) in [5, 5.41) is 17.1. The normalized spacial score (nSPS) is 28.8. The first-order valence-corrected chi connectivity index (χ1v) is 8.60. The molecule has 0 atom stereocenters. The summed E-state index contributed by atoms with van der Waals surface area (Å²) in [5.41, 5.74) is 1.20. The molecule has 2 heterocycles. The number of aromatic amines is 1. The third-order valence-corrected chi connectivity index (χ3v) is 5.44. The van der Waals surface area contributed by atoms with Gasteiger partial charge in [-0.25, -0.2) is 0 Å². The van der Waals surface area contributed by atoms with Crippen molar-refractivity contribution in [3.8, 4) is 0 Å². The second kappa shape index (κ2) is 6.17. The molecule has 0 aromatic carbocycles. The first-order chi connectivity index (χ1) is 10.2. The molecule has 7 heteroatoms. The van der Waals surface area contributed by atoms with Crippen molar-refractivity contribution in [1.29, 1.82) is 0 Å². The van der Waals surface area contributed by atoms with Gasteiger partial charge in [-0.05, 0) is 37.2 Å². The van der Waals surface area contributed by atoms with E-state index in [-0.39, 0.29) is 17.2 Å². The van der Waals surface area contributed by atoms with Gasteiger partial charge in [-0.3, -0.25) is 4.79 Å². The fourth-order valence-corrected chi connectivity index (χ4v) is 4.09. The van der Waals surface area contributed by atoms with E-state index >= 15 is 0 Å². The number of tetrazole rings is 1. The number of nitrogens with one attached hydrogen (secondary N) is 2. The van der Waals surface area contributed by atoms with Crippen LogP contribution in [0.5, 0.6) is 0 Å². The maximum absolute atomic E-state index is 12.3. The van der Waals surface area contributed by atoms with Gasteiger partial charge in [-0.15, -0.1) is 10.2 Å². The van der Waals surface area contributed by atoms with E-state index in [0.29, 0.717) is 6.54 Å². The number of aromatic nitrogens is 4. The van der Waals surface area contributed by atoms with Crippen LogP contribution >= 0.6 is 11.8 Å². The zero-order valence-electron chi connectivity index (χ0n) is 12.3. The van der Waals surface area contributed by atoms with Crippen LogP contribution in [0, 0.1) is 5.41 Å². The van der Waals surface area contributed by atoms with Crippen LogP contribution in [0.4, 0.5) is 0 Å². The molecule has 1 aliphatic carbocycles. The Labute approximate surface area is 128 Å². The van der Waals surface area contributed by atoms with Gasteiger partial charge in [-0.1, -0.05) is 23.8 Å². The highest BCUT2D eigenvalue weighted by Crippen LogP contribution is 2.49. The number of thioether (sulfide) groups is 1. The maximum Gasteiger partial charge on any atom is 0.226 e. The molecular formula is C14H21N5OS. The summed E-state index contributed by atoms with van der Waals surface area (Å²) in [6.07, 6.45) is 6.11. The quantitative estimate of drug-likeness (QED) is 0.826. The number of hydrogen-bond acceptors (Lipinski definition) is 5. The highest BCUT2D eigenvalue weighted by molar-refractivity contribution is 7.99. The molecule has 1 saturated heterocycles. The smallest absolute Gasteiger partial charge is 0.226 e. The second-order valence-corrected chi connectivity index (χ2v) is 7.35. The lowest BCUT2D eigenvalue weighted by Crippen LogP contribution is -2.47. The lowest BCUT2D eigenvalue weighted by Gasteiger charge is -2.42. The van der Waals surface area contributed by atoms with Gasteiger partial charge in [0.05, 0.1) is 0 Å². The minimum atomic E-state index is -0.285. The van der Waals surface area contributed by atoms with Gasteiger partial charge in [0.2, 0.25) is 5.91 Å². The first kappa shape index (κ1) is 14.6. The Kier molecular flexibility index (Phi) is 4.28. The van der Waals surface area contributed by atoms with Crippen molar-refractivity contribution in [2.75, 3.05) is 18.1 Å². The summed E-state index contributed by atoms with van der Waals surface area (Å²) >= 11 is 2.01. The SMILES string of the molecule is CC1(C(=O)NCC=C2CCSCC2)CC(c2nn[nH]n2)C1.